The minimum Gasteiger partial charge on any atom is -0.352 e. The van der Waals surface area contributed by atoms with E-state index in [-0.39, 0.29) is 16.7 Å². The van der Waals surface area contributed by atoms with Gasteiger partial charge in [-0.05, 0) is 73.0 Å². The quantitative estimate of drug-likeness (QED) is 0.675. The molecule has 5 aliphatic carbocycles. The van der Waals surface area contributed by atoms with Crippen molar-refractivity contribution in [1.29, 1.82) is 0 Å². The number of amides is 1. The lowest BCUT2D eigenvalue weighted by atomic mass is 9.36. The maximum Gasteiger partial charge on any atom is 0.238 e. The fourth-order valence-corrected chi connectivity index (χ4v) is 8.75. The third kappa shape index (κ3) is 2.81. The fourth-order valence-electron chi connectivity index (χ4n) is 8.46. The first-order chi connectivity index (χ1) is 11.2. The van der Waals surface area contributed by atoms with Gasteiger partial charge >= 0.3 is 0 Å². The molecule has 0 aliphatic heterocycles. The van der Waals surface area contributed by atoms with Crippen LogP contribution in [-0.2, 0) is 4.79 Å². The topological polar surface area (TPSA) is 29.1 Å². The summed E-state index contributed by atoms with van der Waals surface area (Å²) >= 11 is 6.95. The Bertz CT molecular complexity index is 484. The molecule has 1 atom stereocenters. The molecule has 0 aromatic rings. The summed E-state index contributed by atoms with van der Waals surface area (Å²) in [6, 6.07) is 0.364. The first kappa shape index (κ1) is 17.2. The van der Waals surface area contributed by atoms with Gasteiger partial charge in [0.05, 0.1) is 0 Å². The lowest BCUT2D eigenvalue weighted by molar-refractivity contribution is -0.185. The first-order valence-electron chi connectivity index (χ1n) is 10.1. The Balaban J connectivity index is 1.55. The SMILES string of the molecule is CC12CC3(C)CC(C)(C1)CC([C@H](Cl)C(=O)NC1CCCCC1)(C2)C3. The van der Waals surface area contributed by atoms with Crippen molar-refractivity contribution in [2.75, 3.05) is 0 Å². The van der Waals surface area contributed by atoms with Crippen LogP contribution in [0, 0.1) is 21.7 Å². The van der Waals surface area contributed by atoms with Crippen LogP contribution in [0.3, 0.4) is 0 Å². The van der Waals surface area contributed by atoms with Gasteiger partial charge in [0.2, 0.25) is 5.91 Å². The van der Waals surface area contributed by atoms with Crippen molar-refractivity contribution < 1.29 is 4.79 Å². The van der Waals surface area contributed by atoms with Gasteiger partial charge in [-0.1, -0.05) is 40.0 Å². The molecule has 0 aromatic carbocycles. The maximum absolute atomic E-state index is 13.0. The second-order valence-corrected chi connectivity index (χ2v) is 11.5. The summed E-state index contributed by atoms with van der Waals surface area (Å²) in [6.07, 6.45) is 13.5. The van der Waals surface area contributed by atoms with Crippen LogP contribution in [-0.4, -0.2) is 17.3 Å². The molecule has 0 unspecified atom stereocenters. The molecule has 4 bridgehead atoms. The van der Waals surface area contributed by atoms with Gasteiger partial charge in [-0.3, -0.25) is 4.79 Å². The zero-order valence-electron chi connectivity index (χ0n) is 15.7. The van der Waals surface area contributed by atoms with Crippen molar-refractivity contribution in [2.45, 2.75) is 103 Å². The number of carbonyl (C=O) groups is 1. The van der Waals surface area contributed by atoms with E-state index in [1.54, 1.807) is 0 Å². The molecule has 136 valence electrons. The number of nitrogens with one attached hydrogen (secondary N) is 1. The molecule has 3 heteroatoms. The Labute approximate surface area is 152 Å². The molecular formula is C21H34ClNO. The highest BCUT2D eigenvalue weighted by Crippen LogP contribution is 2.74. The van der Waals surface area contributed by atoms with Gasteiger partial charge in [-0.25, -0.2) is 0 Å². The van der Waals surface area contributed by atoms with Crippen LogP contribution >= 0.6 is 11.6 Å². The van der Waals surface area contributed by atoms with Crippen LogP contribution in [0.1, 0.15) is 91.4 Å². The average Bonchev–Trinajstić information content (AvgIpc) is 2.42. The first-order valence-corrected chi connectivity index (χ1v) is 10.5. The van der Waals surface area contributed by atoms with Crippen molar-refractivity contribution in [1.82, 2.24) is 5.32 Å². The minimum atomic E-state index is -0.349. The predicted octanol–water partition coefficient (Wildman–Crippen LogP) is 5.43. The van der Waals surface area contributed by atoms with Gasteiger partial charge < -0.3 is 5.32 Å². The highest BCUT2D eigenvalue weighted by molar-refractivity contribution is 6.31. The molecule has 5 saturated carbocycles. The minimum absolute atomic E-state index is 0.0211. The van der Waals surface area contributed by atoms with Gasteiger partial charge in [-0.2, -0.15) is 0 Å². The second kappa shape index (κ2) is 5.38. The number of hydrogen-bond acceptors (Lipinski definition) is 1. The smallest absolute Gasteiger partial charge is 0.238 e. The van der Waals surface area contributed by atoms with Crippen molar-refractivity contribution in [2.24, 2.45) is 21.7 Å². The van der Waals surface area contributed by atoms with Crippen LogP contribution in [0.4, 0.5) is 0 Å². The van der Waals surface area contributed by atoms with Crippen molar-refractivity contribution >= 4 is 17.5 Å². The van der Waals surface area contributed by atoms with E-state index >= 15 is 0 Å². The largest absolute Gasteiger partial charge is 0.352 e. The standard InChI is InChI=1S/C21H34ClNO/c1-18-9-19(2)11-20(3,10-18)14-21(12-18,13-19)16(22)17(24)23-15-7-5-4-6-8-15/h15-16H,4-14H2,1-3H3,(H,23,24)/t16-,18?,19?,20?,21?/m1/s1. The van der Waals surface area contributed by atoms with E-state index < -0.39 is 0 Å². The highest BCUT2D eigenvalue weighted by Gasteiger charge is 2.66. The summed E-state index contributed by atoms with van der Waals surface area (Å²) in [5, 5.41) is 2.96. The molecule has 1 N–H and O–H groups in total. The molecule has 0 aromatic heterocycles. The van der Waals surface area contributed by atoms with Crippen LogP contribution in [0.5, 0.6) is 0 Å². The number of alkyl halides is 1. The molecule has 24 heavy (non-hydrogen) atoms. The van der Waals surface area contributed by atoms with E-state index in [0.29, 0.717) is 22.3 Å². The van der Waals surface area contributed by atoms with Gasteiger partial charge in [0.15, 0.2) is 0 Å². The fraction of sp³-hybridized carbons (Fsp3) is 0.952. The van der Waals surface area contributed by atoms with E-state index in [1.165, 1.54) is 38.5 Å². The van der Waals surface area contributed by atoms with E-state index in [9.17, 15) is 4.79 Å². The Morgan fingerprint density at radius 2 is 1.33 bits per heavy atom. The molecule has 0 saturated heterocycles. The van der Waals surface area contributed by atoms with Crippen LogP contribution in [0.2, 0.25) is 0 Å². The molecule has 0 spiro atoms. The molecule has 0 heterocycles. The lowest BCUT2D eigenvalue weighted by Crippen LogP contribution is -2.63. The zero-order chi connectivity index (χ0) is 17.2. The van der Waals surface area contributed by atoms with Crippen molar-refractivity contribution in [3.8, 4) is 0 Å². The average molecular weight is 352 g/mol. The number of carbonyl (C=O) groups excluding carboxylic acids is 1. The van der Waals surface area contributed by atoms with Crippen LogP contribution < -0.4 is 5.32 Å². The van der Waals surface area contributed by atoms with Crippen LogP contribution in [0.25, 0.3) is 0 Å². The molecule has 0 radical (unpaired) electrons. The summed E-state index contributed by atoms with van der Waals surface area (Å²) in [5.74, 6) is 0.126. The maximum atomic E-state index is 13.0. The Hall–Kier alpha value is -0.240. The number of rotatable bonds is 3. The summed E-state index contributed by atoms with van der Waals surface area (Å²) in [6.45, 7) is 7.37. The molecule has 5 rings (SSSR count). The Morgan fingerprint density at radius 1 is 0.875 bits per heavy atom. The van der Waals surface area contributed by atoms with Crippen LogP contribution in [0.15, 0.2) is 0 Å². The normalized spacial score (nSPS) is 49.2. The van der Waals surface area contributed by atoms with Crippen molar-refractivity contribution in [3.05, 3.63) is 0 Å². The Morgan fingerprint density at radius 3 is 1.79 bits per heavy atom. The Kier molecular flexibility index (Phi) is 3.85. The highest BCUT2D eigenvalue weighted by atomic mass is 35.5. The molecule has 5 fully saturated rings. The summed E-state index contributed by atoms with van der Waals surface area (Å²) in [4.78, 5) is 13.0. The van der Waals surface area contributed by atoms with Crippen molar-refractivity contribution in [3.63, 3.8) is 0 Å². The number of halogens is 1. The summed E-state index contributed by atoms with van der Waals surface area (Å²) < 4.78 is 0. The van der Waals surface area contributed by atoms with E-state index in [1.807, 2.05) is 0 Å². The van der Waals surface area contributed by atoms with Gasteiger partial charge in [-0.15, -0.1) is 11.6 Å². The molecule has 2 nitrogen and oxygen atoms in total. The second-order valence-electron chi connectivity index (χ2n) is 11.1. The molecule has 5 aliphatic rings. The van der Waals surface area contributed by atoms with Gasteiger partial charge in [0.1, 0.15) is 5.38 Å². The molecule has 1 amide bonds. The summed E-state index contributed by atoms with van der Waals surface area (Å²) in [5.41, 5.74) is 1.18. The molecular weight excluding hydrogens is 318 g/mol. The number of hydrogen-bond donors (Lipinski definition) is 1. The third-order valence-corrected chi connectivity index (χ3v) is 8.28. The van der Waals surface area contributed by atoms with Gasteiger partial charge in [0, 0.05) is 6.04 Å². The lowest BCUT2D eigenvalue weighted by Gasteiger charge is -2.69. The zero-order valence-corrected chi connectivity index (χ0v) is 16.5. The summed E-state index contributed by atoms with van der Waals surface area (Å²) in [7, 11) is 0. The van der Waals surface area contributed by atoms with E-state index in [4.69, 9.17) is 11.6 Å². The van der Waals surface area contributed by atoms with E-state index in [2.05, 4.69) is 26.1 Å². The van der Waals surface area contributed by atoms with E-state index in [0.717, 1.165) is 32.1 Å². The monoisotopic (exact) mass is 351 g/mol. The van der Waals surface area contributed by atoms with Gasteiger partial charge in [0.25, 0.3) is 0 Å². The third-order valence-electron chi connectivity index (χ3n) is 7.62. The predicted molar refractivity (Wildman–Crippen MR) is 99.1 cm³/mol.